The number of carbonyl (C=O) groups is 1. The summed E-state index contributed by atoms with van der Waals surface area (Å²) in [5, 5.41) is 6.10. The molecule has 0 unspecified atom stereocenters. The van der Waals surface area contributed by atoms with Crippen LogP contribution in [-0.2, 0) is 4.79 Å². The zero-order valence-corrected chi connectivity index (χ0v) is 12.2. The van der Waals surface area contributed by atoms with E-state index in [0.29, 0.717) is 17.1 Å². The Kier molecular flexibility index (Phi) is 4.71. The Labute approximate surface area is 119 Å². The first-order valence-electron chi connectivity index (χ1n) is 7.16. The van der Waals surface area contributed by atoms with Gasteiger partial charge in [-0.15, -0.1) is 0 Å². The van der Waals surface area contributed by atoms with Gasteiger partial charge in [0.15, 0.2) is 6.61 Å². The second-order valence-electron chi connectivity index (χ2n) is 5.59. The van der Waals surface area contributed by atoms with Crippen molar-refractivity contribution in [3.05, 3.63) is 12.1 Å². The highest BCUT2D eigenvalue weighted by molar-refractivity contribution is 5.97. The van der Waals surface area contributed by atoms with Crippen molar-refractivity contribution in [2.45, 2.75) is 33.1 Å². The second-order valence-corrected chi connectivity index (χ2v) is 5.59. The molecule has 1 aromatic carbocycles. The fourth-order valence-corrected chi connectivity index (χ4v) is 2.20. The molecule has 0 spiro atoms. The molecule has 0 radical (unpaired) electrons. The fourth-order valence-electron chi connectivity index (χ4n) is 2.20. The van der Waals surface area contributed by atoms with E-state index in [4.69, 9.17) is 10.5 Å². The minimum Gasteiger partial charge on any atom is -0.482 e. The van der Waals surface area contributed by atoms with Gasteiger partial charge < -0.3 is 21.1 Å². The van der Waals surface area contributed by atoms with Crippen LogP contribution < -0.4 is 21.1 Å². The van der Waals surface area contributed by atoms with Gasteiger partial charge in [0.25, 0.3) is 5.91 Å². The number of amides is 1. The third-order valence-electron chi connectivity index (χ3n) is 3.31. The van der Waals surface area contributed by atoms with Gasteiger partial charge in [0, 0.05) is 12.6 Å². The van der Waals surface area contributed by atoms with Gasteiger partial charge in [-0.05, 0) is 18.4 Å². The lowest BCUT2D eigenvalue weighted by molar-refractivity contribution is -0.118. The van der Waals surface area contributed by atoms with Crippen LogP contribution in [0.5, 0.6) is 5.75 Å². The number of anilines is 3. The van der Waals surface area contributed by atoms with E-state index in [1.165, 1.54) is 12.8 Å². The third-order valence-corrected chi connectivity index (χ3v) is 3.31. The predicted molar refractivity (Wildman–Crippen MR) is 82.2 cm³/mol. The number of unbranched alkanes of at least 4 members (excludes halogenated alkanes) is 1. The van der Waals surface area contributed by atoms with E-state index in [9.17, 15) is 4.79 Å². The molecule has 0 atom stereocenters. The van der Waals surface area contributed by atoms with Crippen LogP contribution in [0.1, 0.15) is 33.1 Å². The van der Waals surface area contributed by atoms with Crippen LogP contribution in [0.4, 0.5) is 17.1 Å². The van der Waals surface area contributed by atoms with Crippen LogP contribution in [0.2, 0.25) is 0 Å². The summed E-state index contributed by atoms with van der Waals surface area (Å²) in [6.45, 7) is 5.40. The van der Waals surface area contributed by atoms with Gasteiger partial charge in [-0.3, -0.25) is 4.79 Å². The zero-order valence-electron chi connectivity index (χ0n) is 12.2. The van der Waals surface area contributed by atoms with Crippen molar-refractivity contribution < 1.29 is 9.53 Å². The van der Waals surface area contributed by atoms with Crippen LogP contribution in [-0.4, -0.2) is 19.1 Å². The van der Waals surface area contributed by atoms with Gasteiger partial charge >= 0.3 is 0 Å². The lowest BCUT2D eigenvalue weighted by Crippen LogP contribution is -2.25. The molecule has 1 aromatic rings. The zero-order chi connectivity index (χ0) is 14.5. The van der Waals surface area contributed by atoms with Gasteiger partial charge in [-0.25, -0.2) is 0 Å². The smallest absolute Gasteiger partial charge is 0.262 e. The quantitative estimate of drug-likeness (QED) is 0.552. The third kappa shape index (κ3) is 3.79. The van der Waals surface area contributed by atoms with E-state index >= 15 is 0 Å². The molecule has 5 nitrogen and oxygen atoms in total. The molecule has 1 aliphatic heterocycles. The topological polar surface area (TPSA) is 76.4 Å². The number of hydrogen-bond acceptors (Lipinski definition) is 4. The SMILES string of the molecule is CC(C)CCCCNc1cc2c(cc1N)OCC(=O)N2. The summed E-state index contributed by atoms with van der Waals surface area (Å²) in [6, 6.07) is 3.59. The van der Waals surface area contributed by atoms with Crippen molar-refractivity contribution in [2.24, 2.45) is 5.92 Å². The van der Waals surface area contributed by atoms with E-state index in [0.717, 1.165) is 24.6 Å². The standard InChI is InChI=1S/C15H23N3O2/c1-10(2)5-3-4-6-17-12-8-13-14(7-11(12)16)20-9-15(19)18-13/h7-8,10,17H,3-6,9,16H2,1-2H3,(H,18,19). The second kappa shape index (κ2) is 6.50. The average Bonchev–Trinajstić information content (AvgIpc) is 2.39. The Bertz CT molecular complexity index is 486. The maximum atomic E-state index is 11.3. The summed E-state index contributed by atoms with van der Waals surface area (Å²) in [5.41, 5.74) is 8.16. The summed E-state index contributed by atoms with van der Waals surface area (Å²) in [7, 11) is 0. The highest BCUT2D eigenvalue weighted by Gasteiger charge is 2.17. The average molecular weight is 277 g/mol. The first kappa shape index (κ1) is 14.5. The van der Waals surface area contributed by atoms with Crippen LogP contribution in [0, 0.1) is 5.92 Å². The number of nitrogens with one attached hydrogen (secondary N) is 2. The number of fused-ring (bicyclic) bond motifs is 1. The Morgan fingerprint density at radius 2 is 2.20 bits per heavy atom. The molecule has 1 amide bonds. The van der Waals surface area contributed by atoms with E-state index in [-0.39, 0.29) is 12.5 Å². The van der Waals surface area contributed by atoms with E-state index in [2.05, 4.69) is 24.5 Å². The Morgan fingerprint density at radius 1 is 1.40 bits per heavy atom. The normalized spacial score (nSPS) is 13.7. The lowest BCUT2D eigenvalue weighted by Gasteiger charge is -2.20. The molecule has 0 bridgehead atoms. The van der Waals surface area contributed by atoms with E-state index in [1.54, 1.807) is 6.07 Å². The molecule has 0 fully saturated rings. The molecule has 0 saturated carbocycles. The maximum Gasteiger partial charge on any atom is 0.262 e. The Balaban J connectivity index is 1.91. The summed E-state index contributed by atoms with van der Waals surface area (Å²) in [4.78, 5) is 11.3. The molecule has 0 aromatic heterocycles. The number of hydrogen-bond donors (Lipinski definition) is 3. The van der Waals surface area contributed by atoms with Crippen molar-refractivity contribution in [3.8, 4) is 5.75 Å². The van der Waals surface area contributed by atoms with Gasteiger partial charge in [-0.1, -0.05) is 26.7 Å². The predicted octanol–water partition coefficient (Wildman–Crippen LogP) is 2.84. The number of benzene rings is 1. The molecule has 20 heavy (non-hydrogen) atoms. The maximum absolute atomic E-state index is 11.3. The Morgan fingerprint density at radius 3 is 2.95 bits per heavy atom. The van der Waals surface area contributed by atoms with Gasteiger partial charge in [-0.2, -0.15) is 0 Å². The minimum absolute atomic E-state index is 0.0500. The number of rotatable bonds is 6. The van der Waals surface area contributed by atoms with Crippen LogP contribution in [0.25, 0.3) is 0 Å². The Hall–Kier alpha value is -1.91. The largest absolute Gasteiger partial charge is 0.482 e. The highest BCUT2D eigenvalue weighted by atomic mass is 16.5. The van der Waals surface area contributed by atoms with Crippen molar-refractivity contribution in [1.82, 2.24) is 0 Å². The van der Waals surface area contributed by atoms with Gasteiger partial charge in [0.1, 0.15) is 5.75 Å². The summed E-state index contributed by atoms with van der Waals surface area (Å²) < 4.78 is 5.32. The number of carbonyl (C=O) groups excluding carboxylic acids is 1. The highest BCUT2D eigenvalue weighted by Crippen LogP contribution is 2.35. The number of nitrogens with two attached hydrogens (primary N) is 1. The molecular formula is C15H23N3O2. The number of ether oxygens (including phenoxy) is 1. The van der Waals surface area contributed by atoms with Crippen LogP contribution in [0.3, 0.4) is 0 Å². The summed E-state index contributed by atoms with van der Waals surface area (Å²) in [6.07, 6.45) is 3.55. The first-order valence-corrected chi connectivity index (χ1v) is 7.16. The molecule has 110 valence electrons. The fraction of sp³-hybridized carbons (Fsp3) is 0.533. The summed E-state index contributed by atoms with van der Waals surface area (Å²) in [5.74, 6) is 1.24. The van der Waals surface area contributed by atoms with Crippen molar-refractivity contribution in [3.63, 3.8) is 0 Å². The van der Waals surface area contributed by atoms with Gasteiger partial charge in [0.05, 0.1) is 17.1 Å². The first-order chi connectivity index (χ1) is 9.56. The van der Waals surface area contributed by atoms with Crippen molar-refractivity contribution >= 4 is 23.0 Å². The van der Waals surface area contributed by atoms with Crippen LogP contribution >= 0.6 is 0 Å². The molecule has 5 heteroatoms. The molecule has 1 aliphatic rings. The number of nitrogen functional groups attached to an aromatic ring is 1. The monoisotopic (exact) mass is 277 g/mol. The molecule has 0 saturated heterocycles. The van der Waals surface area contributed by atoms with Crippen molar-refractivity contribution in [2.75, 3.05) is 29.5 Å². The van der Waals surface area contributed by atoms with E-state index in [1.807, 2.05) is 6.07 Å². The summed E-state index contributed by atoms with van der Waals surface area (Å²) >= 11 is 0. The van der Waals surface area contributed by atoms with Gasteiger partial charge in [0.2, 0.25) is 0 Å². The molecule has 1 heterocycles. The molecule has 2 rings (SSSR count). The van der Waals surface area contributed by atoms with Crippen LogP contribution in [0.15, 0.2) is 12.1 Å². The van der Waals surface area contributed by atoms with E-state index < -0.39 is 0 Å². The lowest BCUT2D eigenvalue weighted by atomic mass is 10.1. The molecule has 0 aliphatic carbocycles. The minimum atomic E-state index is -0.134. The molecular weight excluding hydrogens is 254 g/mol. The van der Waals surface area contributed by atoms with Crippen molar-refractivity contribution in [1.29, 1.82) is 0 Å². The molecule has 4 N–H and O–H groups in total.